The van der Waals surface area contributed by atoms with Crippen molar-refractivity contribution in [3.05, 3.63) is 76.7 Å². The van der Waals surface area contributed by atoms with Gasteiger partial charge in [-0.2, -0.15) is 0 Å². The van der Waals surface area contributed by atoms with E-state index in [0.29, 0.717) is 0 Å². The third-order valence-electron chi connectivity index (χ3n) is 5.92. The number of ether oxygens (including phenoxy) is 1. The molecule has 0 unspecified atom stereocenters. The smallest absolute Gasteiger partial charge is 0.240 e. The summed E-state index contributed by atoms with van der Waals surface area (Å²) in [5.74, 6) is 0.366. The molecule has 33 heavy (non-hydrogen) atoms. The molecule has 1 aliphatic heterocycles. The zero-order chi connectivity index (χ0) is 23.4. The summed E-state index contributed by atoms with van der Waals surface area (Å²) in [4.78, 5) is 5.84. The van der Waals surface area contributed by atoms with Crippen LogP contribution in [0.15, 0.2) is 70.9 Å². The average molecular weight is 490 g/mol. The molecule has 176 valence electrons. The minimum atomic E-state index is -3.77. The average Bonchev–Trinajstić information content (AvgIpc) is 3.34. The van der Waals surface area contributed by atoms with E-state index < -0.39 is 15.8 Å². The maximum absolute atomic E-state index is 13.3. The van der Waals surface area contributed by atoms with E-state index >= 15 is 0 Å². The van der Waals surface area contributed by atoms with Crippen LogP contribution in [0.1, 0.15) is 17.8 Å². The number of halogens is 1. The summed E-state index contributed by atoms with van der Waals surface area (Å²) in [5, 5.41) is 2.01. The van der Waals surface area contributed by atoms with Gasteiger partial charge in [0.15, 0.2) is 0 Å². The molecular weight excluding hydrogens is 461 g/mol. The third-order valence-corrected chi connectivity index (χ3v) is 8.44. The fraction of sp³-hybridized carbons (Fsp3) is 0.333. The van der Waals surface area contributed by atoms with Crippen LogP contribution in [0.2, 0.25) is 0 Å². The van der Waals surface area contributed by atoms with Gasteiger partial charge in [-0.05, 0) is 66.9 Å². The van der Waals surface area contributed by atoms with Crippen molar-refractivity contribution >= 4 is 27.0 Å². The molecule has 9 heteroatoms. The van der Waals surface area contributed by atoms with Gasteiger partial charge >= 0.3 is 0 Å². The normalized spacial score (nSPS) is 17.0. The predicted octanol–water partition coefficient (Wildman–Crippen LogP) is 4.13. The lowest BCUT2D eigenvalue weighted by molar-refractivity contribution is 0.164. The Kier molecular flexibility index (Phi) is 7.33. The molecule has 0 radical (unpaired) electrons. The van der Waals surface area contributed by atoms with E-state index in [-0.39, 0.29) is 17.0 Å². The lowest BCUT2D eigenvalue weighted by atomic mass is 10.1. The van der Waals surface area contributed by atoms with Crippen LogP contribution in [0.25, 0.3) is 0 Å². The lowest BCUT2D eigenvalue weighted by Crippen LogP contribution is -2.52. The van der Waals surface area contributed by atoms with E-state index in [1.54, 1.807) is 18.4 Å². The van der Waals surface area contributed by atoms with Crippen LogP contribution in [0.3, 0.4) is 0 Å². The minimum Gasteiger partial charge on any atom is -0.497 e. The van der Waals surface area contributed by atoms with Crippen molar-refractivity contribution in [3.8, 4) is 5.75 Å². The number of nitrogens with zero attached hydrogens (tertiary/aromatic N) is 2. The first-order valence-electron chi connectivity index (χ1n) is 10.8. The van der Waals surface area contributed by atoms with Crippen LogP contribution in [0.4, 0.5) is 10.1 Å². The predicted molar refractivity (Wildman–Crippen MR) is 130 cm³/mol. The summed E-state index contributed by atoms with van der Waals surface area (Å²) in [7, 11) is -2.12. The molecule has 6 nitrogen and oxygen atoms in total. The number of piperazine rings is 1. The van der Waals surface area contributed by atoms with Crippen molar-refractivity contribution in [2.75, 3.05) is 38.2 Å². The van der Waals surface area contributed by atoms with Crippen LogP contribution in [-0.2, 0) is 10.0 Å². The zero-order valence-electron chi connectivity index (χ0n) is 18.6. The quantitative estimate of drug-likeness (QED) is 0.516. The Morgan fingerprint density at radius 2 is 1.67 bits per heavy atom. The van der Waals surface area contributed by atoms with Crippen molar-refractivity contribution in [1.29, 1.82) is 0 Å². The molecule has 1 N–H and O–H groups in total. The van der Waals surface area contributed by atoms with Gasteiger partial charge in [-0.25, -0.2) is 17.5 Å². The molecule has 2 aromatic carbocycles. The second-order valence-electron chi connectivity index (χ2n) is 8.05. The van der Waals surface area contributed by atoms with E-state index in [0.717, 1.165) is 54.6 Å². The number of hydrogen-bond acceptors (Lipinski definition) is 6. The highest BCUT2D eigenvalue weighted by atomic mass is 32.2. The number of anilines is 1. The van der Waals surface area contributed by atoms with Crippen molar-refractivity contribution < 1.29 is 17.5 Å². The maximum Gasteiger partial charge on any atom is 0.240 e. The largest absolute Gasteiger partial charge is 0.497 e. The summed E-state index contributed by atoms with van der Waals surface area (Å²) in [6.07, 6.45) is 0. The number of rotatable bonds is 8. The number of methoxy groups -OCH3 is 1. The zero-order valence-corrected chi connectivity index (χ0v) is 20.3. The highest BCUT2D eigenvalue weighted by Crippen LogP contribution is 2.31. The summed E-state index contributed by atoms with van der Waals surface area (Å²) in [5.41, 5.74) is 1.15. The summed E-state index contributed by atoms with van der Waals surface area (Å²) < 4.78 is 47.2. The molecule has 1 saturated heterocycles. The Labute approximate surface area is 198 Å². The third kappa shape index (κ3) is 5.55. The van der Waals surface area contributed by atoms with Gasteiger partial charge in [0.2, 0.25) is 10.0 Å². The van der Waals surface area contributed by atoms with E-state index in [9.17, 15) is 12.8 Å². The van der Waals surface area contributed by atoms with Gasteiger partial charge in [-0.15, -0.1) is 11.3 Å². The second kappa shape index (κ2) is 10.2. The van der Waals surface area contributed by atoms with E-state index in [4.69, 9.17) is 4.74 Å². The fourth-order valence-electron chi connectivity index (χ4n) is 4.24. The standard InChI is InChI=1S/C24H28FN3O3S2/c1-18(26-33(29,30)22-11-5-19(25)6-12-22)24(23-4-3-17-32-23)28-15-13-27(14-16-28)20-7-9-21(31-2)10-8-20/h3-12,17-18,24,26H,13-16H2,1-2H3/t18-,24-/m0/s1. The number of hydrogen-bond donors (Lipinski definition) is 1. The molecule has 0 saturated carbocycles. The Morgan fingerprint density at radius 1 is 1.00 bits per heavy atom. The summed E-state index contributed by atoms with van der Waals surface area (Å²) in [6, 6.07) is 16.5. The molecule has 1 aromatic heterocycles. The molecule has 2 atom stereocenters. The Hall–Kier alpha value is -2.46. The Bertz CT molecular complexity index is 1130. The van der Waals surface area contributed by atoms with E-state index in [1.165, 1.54) is 12.1 Å². The molecule has 0 amide bonds. The van der Waals surface area contributed by atoms with Crippen LogP contribution < -0.4 is 14.4 Å². The van der Waals surface area contributed by atoms with E-state index in [2.05, 4.69) is 26.7 Å². The first-order valence-corrected chi connectivity index (χ1v) is 13.2. The number of sulfonamides is 1. The molecule has 0 bridgehead atoms. The molecule has 0 spiro atoms. The van der Waals surface area contributed by atoms with Crippen molar-refractivity contribution in [1.82, 2.24) is 9.62 Å². The van der Waals surface area contributed by atoms with Gasteiger partial charge in [0, 0.05) is 42.8 Å². The van der Waals surface area contributed by atoms with Crippen molar-refractivity contribution in [3.63, 3.8) is 0 Å². The van der Waals surface area contributed by atoms with Gasteiger partial charge in [0.1, 0.15) is 11.6 Å². The molecule has 1 aliphatic rings. The monoisotopic (exact) mass is 489 g/mol. The molecule has 4 rings (SSSR count). The highest BCUT2D eigenvalue weighted by Gasteiger charge is 2.32. The summed E-state index contributed by atoms with van der Waals surface area (Å²) in [6.45, 7) is 5.17. The second-order valence-corrected chi connectivity index (χ2v) is 10.7. The SMILES string of the molecule is COc1ccc(N2CCN([C@H](c3cccs3)[C@H](C)NS(=O)(=O)c3ccc(F)cc3)CC2)cc1. The van der Waals surface area contributed by atoms with Crippen LogP contribution in [-0.4, -0.2) is 52.6 Å². The van der Waals surface area contributed by atoms with Gasteiger partial charge < -0.3 is 9.64 Å². The van der Waals surface area contributed by atoms with E-state index in [1.807, 2.05) is 36.6 Å². The fourth-order valence-corrected chi connectivity index (χ4v) is 6.46. The number of nitrogens with one attached hydrogen (secondary N) is 1. The first kappa shape index (κ1) is 23.7. The van der Waals surface area contributed by atoms with Crippen LogP contribution in [0, 0.1) is 5.82 Å². The maximum atomic E-state index is 13.3. The molecular formula is C24H28FN3O3S2. The van der Waals surface area contributed by atoms with Crippen LogP contribution in [0.5, 0.6) is 5.75 Å². The topological polar surface area (TPSA) is 61.9 Å². The molecule has 3 aromatic rings. The van der Waals surface area contributed by atoms with Crippen molar-refractivity contribution in [2.24, 2.45) is 0 Å². The number of benzene rings is 2. The summed E-state index contributed by atoms with van der Waals surface area (Å²) >= 11 is 1.62. The molecule has 1 fully saturated rings. The molecule has 0 aliphatic carbocycles. The van der Waals surface area contributed by atoms with Gasteiger partial charge in [0.25, 0.3) is 0 Å². The van der Waals surface area contributed by atoms with Crippen LogP contribution >= 0.6 is 11.3 Å². The number of thiophene rings is 1. The Balaban J connectivity index is 1.48. The highest BCUT2D eigenvalue weighted by molar-refractivity contribution is 7.89. The van der Waals surface area contributed by atoms with Gasteiger partial charge in [-0.3, -0.25) is 4.90 Å². The van der Waals surface area contributed by atoms with Gasteiger partial charge in [-0.1, -0.05) is 6.07 Å². The minimum absolute atomic E-state index is 0.0602. The molecule has 2 heterocycles. The van der Waals surface area contributed by atoms with Crippen molar-refractivity contribution in [2.45, 2.75) is 23.9 Å². The Morgan fingerprint density at radius 3 is 2.24 bits per heavy atom. The van der Waals surface area contributed by atoms with Gasteiger partial charge in [0.05, 0.1) is 18.0 Å². The first-order chi connectivity index (χ1) is 15.9. The lowest BCUT2D eigenvalue weighted by Gasteiger charge is -2.42.